The molecule has 2 heterocycles. The van der Waals surface area contributed by atoms with E-state index in [-0.39, 0.29) is 11.2 Å². The first-order chi connectivity index (χ1) is 13.1. The Morgan fingerprint density at radius 2 is 1.89 bits per heavy atom. The molecule has 3 aromatic rings. The highest BCUT2D eigenvalue weighted by atomic mass is 35.5. The molecule has 0 radical (unpaired) electrons. The highest BCUT2D eigenvalue weighted by Gasteiger charge is 2.26. The molecule has 0 aliphatic carbocycles. The van der Waals surface area contributed by atoms with Crippen molar-refractivity contribution in [2.75, 3.05) is 6.54 Å². The molecule has 0 bridgehead atoms. The lowest BCUT2D eigenvalue weighted by molar-refractivity contribution is -0.131. The Morgan fingerprint density at radius 1 is 1.15 bits per heavy atom. The average Bonchev–Trinajstić information content (AvgIpc) is 3.15. The Bertz CT molecular complexity index is 959. The smallest absolute Gasteiger partial charge is 0.236 e. The molecule has 138 valence electrons. The number of hydrogen-bond donors (Lipinski definition) is 0. The number of rotatable bonds is 4. The van der Waals surface area contributed by atoms with Crippen LogP contribution in [0.1, 0.15) is 18.1 Å². The molecule has 6 nitrogen and oxygen atoms in total. The van der Waals surface area contributed by atoms with Gasteiger partial charge < -0.3 is 4.90 Å². The van der Waals surface area contributed by atoms with Crippen molar-refractivity contribution >= 4 is 29.3 Å². The van der Waals surface area contributed by atoms with Crippen molar-refractivity contribution in [3.8, 4) is 5.69 Å². The molecule has 0 saturated carbocycles. The molecule has 1 aliphatic heterocycles. The third-order valence-corrected chi connectivity index (χ3v) is 5.86. The zero-order chi connectivity index (χ0) is 18.8. The van der Waals surface area contributed by atoms with E-state index >= 15 is 0 Å². The molecule has 0 N–H and O–H groups in total. The Labute approximate surface area is 166 Å². The number of amides is 1. The second-order valence-electron chi connectivity index (χ2n) is 6.39. The number of benzene rings is 2. The van der Waals surface area contributed by atoms with E-state index in [0.29, 0.717) is 16.7 Å². The minimum atomic E-state index is -0.285. The van der Waals surface area contributed by atoms with Crippen LogP contribution in [0.2, 0.25) is 5.02 Å². The highest BCUT2D eigenvalue weighted by Crippen LogP contribution is 2.27. The summed E-state index contributed by atoms with van der Waals surface area (Å²) in [6.45, 7) is 3.29. The van der Waals surface area contributed by atoms with Crippen molar-refractivity contribution in [3.63, 3.8) is 0 Å². The molecule has 1 unspecified atom stereocenters. The van der Waals surface area contributed by atoms with Crippen molar-refractivity contribution in [2.24, 2.45) is 0 Å². The van der Waals surface area contributed by atoms with Gasteiger partial charge in [0, 0.05) is 18.1 Å². The summed E-state index contributed by atoms with van der Waals surface area (Å²) < 4.78 is 1.62. The second-order valence-corrected chi connectivity index (χ2v) is 8.13. The van der Waals surface area contributed by atoms with Crippen LogP contribution in [0.3, 0.4) is 0 Å². The first kappa shape index (κ1) is 18.0. The summed E-state index contributed by atoms with van der Waals surface area (Å²) in [5, 5.41) is 12.8. The maximum atomic E-state index is 12.9. The third-order valence-electron chi connectivity index (χ3n) is 4.58. The summed E-state index contributed by atoms with van der Waals surface area (Å²) in [7, 11) is 0. The van der Waals surface area contributed by atoms with Gasteiger partial charge in [-0.25, -0.2) is 0 Å². The molecule has 0 spiro atoms. The van der Waals surface area contributed by atoms with Crippen molar-refractivity contribution < 1.29 is 4.79 Å². The number of carbonyl (C=O) groups is 1. The molecule has 4 rings (SSSR count). The summed E-state index contributed by atoms with van der Waals surface area (Å²) in [6.07, 6.45) is 0.891. The molecule has 1 amide bonds. The van der Waals surface area contributed by atoms with Gasteiger partial charge in [-0.3, -0.25) is 4.79 Å². The predicted octanol–water partition coefficient (Wildman–Crippen LogP) is 3.38. The van der Waals surface area contributed by atoms with E-state index in [1.807, 2.05) is 36.1 Å². The van der Waals surface area contributed by atoms with Gasteiger partial charge in [-0.2, -0.15) is 4.68 Å². The number of tetrazole rings is 1. The van der Waals surface area contributed by atoms with Gasteiger partial charge in [0.1, 0.15) is 0 Å². The maximum absolute atomic E-state index is 12.9. The monoisotopic (exact) mass is 399 g/mol. The van der Waals surface area contributed by atoms with Gasteiger partial charge in [0.2, 0.25) is 11.1 Å². The van der Waals surface area contributed by atoms with Gasteiger partial charge in [-0.05, 0) is 59.2 Å². The fourth-order valence-corrected chi connectivity index (χ4v) is 4.16. The molecule has 27 heavy (non-hydrogen) atoms. The van der Waals surface area contributed by atoms with Gasteiger partial charge in [0.15, 0.2) is 0 Å². The predicted molar refractivity (Wildman–Crippen MR) is 105 cm³/mol. The number of aromatic nitrogens is 4. The molecular weight excluding hydrogens is 382 g/mol. The number of hydrogen-bond acceptors (Lipinski definition) is 5. The lowest BCUT2D eigenvalue weighted by Gasteiger charge is -2.30. The number of carbonyl (C=O) groups excluding carboxylic acids is 1. The van der Waals surface area contributed by atoms with E-state index in [2.05, 4.69) is 27.7 Å². The van der Waals surface area contributed by atoms with Crippen molar-refractivity contribution in [2.45, 2.75) is 30.3 Å². The zero-order valence-corrected chi connectivity index (χ0v) is 16.3. The van der Waals surface area contributed by atoms with Crippen LogP contribution in [0.25, 0.3) is 5.69 Å². The molecule has 2 aromatic carbocycles. The second kappa shape index (κ2) is 7.70. The third kappa shape index (κ3) is 3.84. The molecule has 0 saturated heterocycles. The number of halogens is 1. The minimum absolute atomic E-state index is 0.0974. The Hall–Kier alpha value is -2.38. The largest absolute Gasteiger partial charge is 0.337 e. The zero-order valence-electron chi connectivity index (χ0n) is 14.7. The average molecular weight is 400 g/mol. The maximum Gasteiger partial charge on any atom is 0.236 e. The van der Waals surface area contributed by atoms with E-state index in [9.17, 15) is 4.79 Å². The van der Waals surface area contributed by atoms with Crippen LogP contribution in [0.5, 0.6) is 0 Å². The first-order valence-corrected chi connectivity index (χ1v) is 9.94. The van der Waals surface area contributed by atoms with Gasteiger partial charge in [-0.15, -0.1) is 5.10 Å². The van der Waals surface area contributed by atoms with Gasteiger partial charge in [0.05, 0.1) is 10.9 Å². The molecule has 0 fully saturated rings. The van der Waals surface area contributed by atoms with Crippen molar-refractivity contribution in [1.29, 1.82) is 0 Å². The number of nitrogens with zero attached hydrogens (tertiary/aromatic N) is 5. The van der Waals surface area contributed by atoms with Crippen LogP contribution in [0.15, 0.2) is 53.7 Å². The normalized spacial score (nSPS) is 14.7. The Morgan fingerprint density at radius 3 is 2.67 bits per heavy atom. The van der Waals surface area contributed by atoms with E-state index in [1.54, 1.807) is 16.8 Å². The van der Waals surface area contributed by atoms with Crippen LogP contribution in [-0.4, -0.2) is 42.8 Å². The summed E-state index contributed by atoms with van der Waals surface area (Å²) in [5.41, 5.74) is 3.35. The topological polar surface area (TPSA) is 63.9 Å². The van der Waals surface area contributed by atoms with E-state index in [0.717, 1.165) is 18.7 Å². The van der Waals surface area contributed by atoms with E-state index in [1.165, 1.54) is 22.9 Å². The van der Waals surface area contributed by atoms with Gasteiger partial charge >= 0.3 is 0 Å². The lowest BCUT2D eigenvalue weighted by atomic mass is 10.00. The summed E-state index contributed by atoms with van der Waals surface area (Å²) in [5.74, 6) is 0.0974. The summed E-state index contributed by atoms with van der Waals surface area (Å²) in [6, 6.07) is 15.5. The fraction of sp³-hybridized carbons (Fsp3) is 0.263. The fourth-order valence-electron chi connectivity index (χ4n) is 3.15. The summed E-state index contributed by atoms with van der Waals surface area (Å²) >= 11 is 7.31. The number of fused-ring (bicyclic) bond motifs is 1. The molecule has 1 aliphatic rings. The Kier molecular flexibility index (Phi) is 5.13. The standard InChI is InChI=1S/C19H18ClN5OS/c1-13(18(26)24-11-10-14-4-2-3-5-15(14)12-24)27-19-21-22-23-25(19)17-8-6-16(20)7-9-17/h2-9,13H,10-12H2,1H3. The molecule has 1 aromatic heterocycles. The van der Waals surface area contributed by atoms with Gasteiger partial charge in [0.25, 0.3) is 0 Å². The van der Waals surface area contributed by atoms with Gasteiger partial charge in [-0.1, -0.05) is 47.6 Å². The molecule has 1 atom stereocenters. The van der Waals surface area contributed by atoms with Crippen LogP contribution in [-0.2, 0) is 17.8 Å². The molecule has 8 heteroatoms. The minimum Gasteiger partial charge on any atom is -0.337 e. The van der Waals surface area contributed by atoms with E-state index < -0.39 is 0 Å². The number of thioether (sulfide) groups is 1. The van der Waals surface area contributed by atoms with Crippen LogP contribution in [0, 0.1) is 0 Å². The lowest BCUT2D eigenvalue weighted by Crippen LogP contribution is -2.40. The van der Waals surface area contributed by atoms with Crippen LogP contribution < -0.4 is 0 Å². The van der Waals surface area contributed by atoms with Crippen LogP contribution in [0.4, 0.5) is 0 Å². The SMILES string of the molecule is CC(Sc1nnnn1-c1ccc(Cl)cc1)C(=O)N1CCc2ccccc2C1. The highest BCUT2D eigenvalue weighted by molar-refractivity contribution is 8.00. The van der Waals surface area contributed by atoms with Crippen LogP contribution >= 0.6 is 23.4 Å². The summed E-state index contributed by atoms with van der Waals surface area (Å²) in [4.78, 5) is 14.8. The van der Waals surface area contributed by atoms with Crippen molar-refractivity contribution in [3.05, 3.63) is 64.7 Å². The van der Waals surface area contributed by atoms with E-state index in [4.69, 9.17) is 11.6 Å². The van der Waals surface area contributed by atoms with Crippen molar-refractivity contribution in [1.82, 2.24) is 25.1 Å². The Balaban J connectivity index is 1.47. The first-order valence-electron chi connectivity index (χ1n) is 8.68. The quantitative estimate of drug-likeness (QED) is 0.629. The molecular formula is C19H18ClN5OS.